The summed E-state index contributed by atoms with van der Waals surface area (Å²) in [6.07, 6.45) is 3.76. The second-order valence-corrected chi connectivity index (χ2v) is 4.62. The number of anilines is 2. The summed E-state index contributed by atoms with van der Waals surface area (Å²) in [7, 11) is 2.02. The van der Waals surface area contributed by atoms with Gasteiger partial charge in [0.25, 0.3) is 0 Å². The molecule has 2 aliphatic rings. The molecule has 3 rings (SSSR count). The van der Waals surface area contributed by atoms with Crippen molar-refractivity contribution in [2.75, 3.05) is 17.2 Å². The van der Waals surface area contributed by atoms with Gasteiger partial charge in [-0.05, 0) is 25.2 Å². The van der Waals surface area contributed by atoms with Crippen LogP contribution in [0.4, 0.5) is 11.5 Å². The minimum absolute atomic E-state index is 0.609. The molecule has 1 aromatic heterocycles. The maximum Gasteiger partial charge on any atom is 0.148 e. The minimum atomic E-state index is 0.609. The normalized spacial score (nSPS) is 24.3. The van der Waals surface area contributed by atoms with Crippen LogP contribution in [0.5, 0.6) is 0 Å². The van der Waals surface area contributed by atoms with E-state index in [2.05, 4.69) is 22.7 Å². The van der Waals surface area contributed by atoms with Crippen molar-refractivity contribution in [1.29, 1.82) is 0 Å². The first-order chi connectivity index (χ1) is 7.29. The third-order valence-electron chi connectivity index (χ3n) is 3.47. The van der Waals surface area contributed by atoms with Gasteiger partial charge in [0.2, 0.25) is 0 Å². The maximum absolute atomic E-state index is 4.52. The highest BCUT2D eigenvalue weighted by molar-refractivity contribution is 5.70. The molecule has 1 fully saturated rings. The van der Waals surface area contributed by atoms with Crippen molar-refractivity contribution in [2.45, 2.75) is 32.2 Å². The zero-order valence-corrected chi connectivity index (χ0v) is 9.38. The van der Waals surface area contributed by atoms with Gasteiger partial charge < -0.3 is 10.6 Å². The van der Waals surface area contributed by atoms with Gasteiger partial charge in [0, 0.05) is 19.6 Å². The second-order valence-electron chi connectivity index (χ2n) is 4.62. The lowest BCUT2D eigenvalue weighted by Gasteiger charge is -2.26. The molecule has 0 aromatic carbocycles. The average Bonchev–Trinajstić information content (AvgIpc) is 3.05. The molecule has 1 aliphatic carbocycles. The summed E-state index contributed by atoms with van der Waals surface area (Å²) in [4.78, 5) is 0. The number of aryl methyl sites for hydroxylation is 2. The van der Waals surface area contributed by atoms with Crippen molar-refractivity contribution in [2.24, 2.45) is 13.0 Å². The smallest absolute Gasteiger partial charge is 0.148 e. The quantitative estimate of drug-likeness (QED) is 0.772. The molecular weight excluding hydrogens is 188 g/mol. The van der Waals surface area contributed by atoms with Crippen molar-refractivity contribution in [3.63, 3.8) is 0 Å². The summed E-state index contributed by atoms with van der Waals surface area (Å²) in [5.41, 5.74) is 2.39. The first kappa shape index (κ1) is 9.07. The number of rotatable bonds is 2. The molecule has 1 unspecified atom stereocenters. The fourth-order valence-electron chi connectivity index (χ4n) is 2.40. The van der Waals surface area contributed by atoms with Crippen molar-refractivity contribution < 1.29 is 0 Å². The third kappa shape index (κ3) is 1.39. The van der Waals surface area contributed by atoms with Crippen molar-refractivity contribution in [3.05, 3.63) is 5.69 Å². The van der Waals surface area contributed by atoms with Crippen molar-refractivity contribution in [1.82, 2.24) is 9.78 Å². The SMILES string of the molecule is CCc1nn(C)c2c1NCC(C1CC1)N2. The van der Waals surface area contributed by atoms with Gasteiger partial charge in [0.15, 0.2) is 0 Å². The molecule has 0 spiro atoms. The number of nitrogens with one attached hydrogen (secondary N) is 2. The minimum Gasteiger partial charge on any atom is -0.378 e. The maximum atomic E-state index is 4.52. The van der Waals surface area contributed by atoms with E-state index in [0.717, 1.165) is 18.9 Å². The molecule has 2 N–H and O–H groups in total. The van der Waals surface area contributed by atoms with Crippen molar-refractivity contribution >= 4 is 11.5 Å². The first-order valence-electron chi connectivity index (χ1n) is 5.86. The van der Waals surface area contributed by atoms with Crippen LogP contribution in [0.3, 0.4) is 0 Å². The number of hydrogen-bond donors (Lipinski definition) is 2. The van der Waals surface area contributed by atoms with Gasteiger partial charge >= 0.3 is 0 Å². The Labute approximate surface area is 90.0 Å². The second kappa shape index (κ2) is 3.15. The highest BCUT2D eigenvalue weighted by Gasteiger charge is 2.35. The Hall–Kier alpha value is -1.19. The fourth-order valence-corrected chi connectivity index (χ4v) is 2.40. The summed E-state index contributed by atoms with van der Waals surface area (Å²) in [5.74, 6) is 2.06. The summed E-state index contributed by atoms with van der Waals surface area (Å²) < 4.78 is 1.97. The van der Waals surface area contributed by atoms with Crippen molar-refractivity contribution in [3.8, 4) is 0 Å². The predicted octanol–water partition coefficient (Wildman–Crippen LogP) is 1.60. The molecular formula is C11H18N4. The highest BCUT2D eigenvalue weighted by atomic mass is 15.4. The van der Waals surface area contributed by atoms with E-state index in [0.29, 0.717) is 6.04 Å². The topological polar surface area (TPSA) is 41.9 Å². The standard InChI is InChI=1S/C11H18N4/c1-3-8-10-11(15(2)14-8)13-9(6-12-10)7-4-5-7/h7,9,12-13H,3-6H2,1-2H3. The summed E-state index contributed by atoms with van der Waals surface area (Å²) in [6.45, 7) is 3.20. The van der Waals surface area contributed by atoms with Gasteiger partial charge in [-0.15, -0.1) is 0 Å². The summed E-state index contributed by atoms with van der Waals surface area (Å²) in [6, 6.07) is 0.609. The molecule has 15 heavy (non-hydrogen) atoms. The number of aromatic nitrogens is 2. The van der Waals surface area contributed by atoms with Crippen LogP contribution in [0.1, 0.15) is 25.5 Å². The van der Waals surface area contributed by atoms with E-state index in [1.807, 2.05) is 11.7 Å². The van der Waals surface area contributed by atoms with Gasteiger partial charge in [0.1, 0.15) is 11.5 Å². The van der Waals surface area contributed by atoms with Gasteiger partial charge in [-0.25, -0.2) is 0 Å². The van der Waals surface area contributed by atoms with Crippen LogP contribution in [-0.4, -0.2) is 22.4 Å². The molecule has 0 amide bonds. The lowest BCUT2D eigenvalue weighted by Crippen LogP contribution is -2.35. The third-order valence-corrected chi connectivity index (χ3v) is 3.47. The van der Waals surface area contributed by atoms with E-state index in [4.69, 9.17) is 0 Å². The lowest BCUT2D eigenvalue weighted by molar-refractivity contribution is 0.637. The zero-order chi connectivity index (χ0) is 10.4. The molecule has 0 bridgehead atoms. The molecule has 1 saturated carbocycles. The number of hydrogen-bond acceptors (Lipinski definition) is 3. The molecule has 0 radical (unpaired) electrons. The Morgan fingerprint density at radius 1 is 1.47 bits per heavy atom. The van der Waals surface area contributed by atoms with Gasteiger partial charge in [-0.2, -0.15) is 5.10 Å². The fraction of sp³-hybridized carbons (Fsp3) is 0.727. The van der Waals surface area contributed by atoms with E-state index in [1.165, 1.54) is 30.0 Å². The largest absolute Gasteiger partial charge is 0.378 e. The Balaban J connectivity index is 1.91. The van der Waals surface area contributed by atoms with E-state index in [1.54, 1.807) is 0 Å². The zero-order valence-electron chi connectivity index (χ0n) is 9.38. The lowest BCUT2D eigenvalue weighted by atomic mass is 10.1. The van der Waals surface area contributed by atoms with Crippen LogP contribution < -0.4 is 10.6 Å². The van der Waals surface area contributed by atoms with Gasteiger partial charge in [-0.3, -0.25) is 4.68 Å². The summed E-state index contributed by atoms with van der Waals surface area (Å²) >= 11 is 0. The first-order valence-corrected chi connectivity index (χ1v) is 5.86. The van der Waals surface area contributed by atoms with E-state index >= 15 is 0 Å². The molecule has 4 nitrogen and oxygen atoms in total. The average molecular weight is 206 g/mol. The molecule has 1 aromatic rings. The van der Waals surface area contributed by atoms with Gasteiger partial charge in [0.05, 0.1) is 5.69 Å². The number of fused-ring (bicyclic) bond motifs is 1. The number of nitrogens with zero attached hydrogens (tertiary/aromatic N) is 2. The van der Waals surface area contributed by atoms with E-state index < -0.39 is 0 Å². The van der Waals surface area contributed by atoms with Gasteiger partial charge in [-0.1, -0.05) is 6.92 Å². The predicted molar refractivity (Wildman–Crippen MR) is 61.2 cm³/mol. The Morgan fingerprint density at radius 2 is 2.27 bits per heavy atom. The Bertz CT molecular complexity index is 378. The Kier molecular flexibility index (Phi) is 1.90. The van der Waals surface area contributed by atoms with Crippen LogP contribution in [0.25, 0.3) is 0 Å². The molecule has 2 heterocycles. The molecule has 4 heteroatoms. The van der Waals surface area contributed by atoms with Crippen LogP contribution >= 0.6 is 0 Å². The monoisotopic (exact) mass is 206 g/mol. The summed E-state index contributed by atoms with van der Waals surface area (Å²) in [5, 5.41) is 11.7. The van der Waals surface area contributed by atoms with Crippen LogP contribution in [0.2, 0.25) is 0 Å². The molecule has 1 atom stereocenters. The highest BCUT2D eigenvalue weighted by Crippen LogP contribution is 2.38. The molecule has 1 aliphatic heterocycles. The van der Waals surface area contributed by atoms with E-state index in [-0.39, 0.29) is 0 Å². The molecule has 0 saturated heterocycles. The van der Waals surface area contributed by atoms with Crippen LogP contribution in [0, 0.1) is 5.92 Å². The molecule has 82 valence electrons. The van der Waals surface area contributed by atoms with Crippen LogP contribution in [-0.2, 0) is 13.5 Å². The Morgan fingerprint density at radius 3 is 2.93 bits per heavy atom. The van der Waals surface area contributed by atoms with E-state index in [9.17, 15) is 0 Å². The van der Waals surface area contributed by atoms with Crippen LogP contribution in [0.15, 0.2) is 0 Å².